The van der Waals surface area contributed by atoms with Gasteiger partial charge < -0.3 is 10.1 Å². The minimum absolute atomic E-state index is 0.304. The van der Waals surface area contributed by atoms with Crippen LogP contribution >= 0.6 is 11.3 Å². The van der Waals surface area contributed by atoms with Gasteiger partial charge in [0.25, 0.3) is 5.91 Å². The van der Waals surface area contributed by atoms with Gasteiger partial charge in [0.05, 0.1) is 0 Å². The molecule has 3 amide bonds. The highest BCUT2D eigenvalue weighted by Crippen LogP contribution is 2.24. The number of carbonyl (C=O) groups is 3. The average molecular weight is 324 g/mol. The highest BCUT2D eigenvalue weighted by molar-refractivity contribution is 7.14. The molecule has 1 aromatic heterocycles. The smallest absolute Gasteiger partial charge is 0.349 e. The van der Waals surface area contributed by atoms with Gasteiger partial charge in [-0.2, -0.15) is 0 Å². The van der Waals surface area contributed by atoms with Crippen LogP contribution in [0.25, 0.3) is 0 Å². The van der Waals surface area contributed by atoms with E-state index in [1.165, 1.54) is 18.3 Å². The predicted molar refractivity (Wildman–Crippen MR) is 83.0 cm³/mol. The number of carbonyl (C=O) groups excluding carboxylic acids is 3. The third-order valence-electron chi connectivity index (χ3n) is 3.50. The summed E-state index contributed by atoms with van der Waals surface area (Å²) in [4.78, 5) is 38.3. The Balaban J connectivity index is 2.00. The zero-order valence-corrected chi connectivity index (χ0v) is 13.8. The lowest BCUT2D eigenvalue weighted by atomic mass is 10.1. The molecule has 1 N–H and O–H groups in total. The Morgan fingerprint density at radius 1 is 1.50 bits per heavy atom. The van der Waals surface area contributed by atoms with Gasteiger partial charge in [-0.05, 0) is 31.9 Å². The highest BCUT2D eigenvalue weighted by atomic mass is 32.1. The van der Waals surface area contributed by atoms with E-state index in [9.17, 15) is 14.4 Å². The van der Waals surface area contributed by atoms with E-state index in [1.807, 2.05) is 13.0 Å². The molecule has 0 aliphatic carbocycles. The van der Waals surface area contributed by atoms with Crippen molar-refractivity contribution >= 4 is 29.2 Å². The fraction of sp³-hybridized carbons (Fsp3) is 0.533. The quantitative estimate of drug-likeness (QED) is 0.842. The summed E-state index contributed by atoms with van der Waals surface area (Å²) >= 11 is 1.37. The summed E-state index contributed by atoms with van der Waals surface area (Å²) < 4.78 is 5.21. The summed E-state index contributed by atoms with van der Waals surface area (Å²) in [5, 5.41) is 2.54. The Kier molecular flexibility index (Phi) is 5.18. The first kappa shape index (κ1) is 16.5. The van der Waals surface area contributed by atoms with Crippen LogP contribution in [0.15, 0.2) is 6.07 Å². The van der Waals surface area contributed by atoms with Crippen LogP contribution in [-0.4, -0.2) is 42.0 Å². The minimum atomic E-state index is -0.978. The number of thiophene rings is 1. The number of urea groups is 1. The van der Waals surface area contributed by atoms with Crippen molar-refractivity contribution in [3.05, 3.63) is 21.4 Å². The first-order valence-electron chi connectivity index (χ1n) is 7.33. The van der Waals surface area contributed by atoms with E-state index >= 15 is 0 Å². The maximum absolute atomic E-state index is 12.1. The van der Waals surface area contributed by atoms with E-state index < -0.39 is 24.0 Å². The normalized spacial score (nSPS) is 15.6. The summed E-state index contributed by atoms with van der Waals surface area (Å²) in [5.74, 6) is -1.01. The molecular weight excluding hydrogens is 304 g/mol. The van der Waals surface area contributed by atoms with Crippen molar-refractivity contribution in [3.63, 3.8) is 0 Å². The van der Waals surface area contributed by atoms with Gasteiger partial charge in [-0.1, -0.05) is 13.3 Å². The SMILES string of the molecule is CCCc1cc(C(=O)OC(C)C(=O)N2CCNC2=O)sc1C. The second kappa shape index (κ2) is 6.91. The van der Waals surface area contributed by atoms with Crippen LogP contribution in [0.4, 0.5) is 4.79 Å². The van der Waals surface area contributed by atoms with Crippen LogP contribution in [0, 0.1) is 6.92 Å². The Bertz CT molecular complexity index is 596. The molecule has 6 nitrogen and oxygen atoms in total. The fourth-order valence-corrected chi connectivity index (χ4v) is 3.26. The van der Waals surface area contributed by atoms with Crippen LogP contribution in [0.1, 0.15) is 40.4 Å². The van der Waals surface area contributed by atoms with Gasteiger partial charge in [0.2, 0.25) is 0 Å². The number of hydrogen-bond donors (Lipinski definition) is 1. The molecule has 1 atom stereocenters. The van der Waals surface area contributed by atoms with E-state index in [2.05, 4.69) is 12.2 Å². The summed E-state index contributed by atoms with van der Waals surface area (Å²) in [5.41, 5.74) is 1.14. The number of nitrogens with one attached hydrogen (secondary N) is 1. The number of imide groups is 1. The number of nitrogens with zero attached hydrogens (tertiary/aromatic N) is 1. The average Bonchev–Trinajstić information content (AvgIpc) is 3.05. The lowest BCUT2D eigenvalue weighted by Gasteiger charge is -2.17. The zero-order valence-electron chi connectivity index (χ0n) is 13.0. The molecule has 1 fully saturated rings. The molecule has 2 heterocycles. The Morgan fingerprint density at radius 2 is 2.23 bits per heavy atom. The van der Waals surface area contributed by atoms with Gasteiger partial charge >= 0.3 is 12.0 Å². The summed E-state index contributed by atoms with van der Waals surface area (Å²) in [6.45, 7) is 6.26. The number of hydrogen-bond acceptors (Lipinski definition) is 5. The van der Waals surface area contributed by atoms with Gasteiger partial charge in [0, 0.05) is 18.0 Å². The Morgan fingerprint density at radius 3 is 2.82 bits per heavy atom. The van der Waals surface area contributed by atoms with E-state index in [-0.39, 0.29) is 0 Å². The molecule has 7 heteroatoms. The molecule has 0 bridgehead atoms. The molecule has 0 spiro atoms. The van der Waals surface area contributed by atoms with Crippen molar-refractivity contribution in [1.29, 1.82) is 0 Å². The second-order valence-electron chi connectivity index (χ2n) is 5.21. The van der Waals surface area contributed by atoms with Crippen molar-refractivity contribution in [1.82, 2.24) is 10.2 Å². The molecule has 1 aromatic rings. The number of aryl methyl sites for hydroxylation is 2. The Labute approximate surface area is 133 Å². The van der Waals surface area contributed by atoms with Gasteiger partial charge in [0.15, 0.2) is 6.10 Å². The van der Waals surface area contributed by atoms with Crippen molar-refractivity contribution in [2.45, 2.75) is 39.7 Å². The van der Waals surface area contributed by atoms with Crippen LogP contribution in [-0.2, 0) is 16.0 Å². The number of rotatable bonds is 5. The van der Waals surface area contributed by atoms with Crippen LogP contribution < -0.4 is 5.32 Å². The zero-order chi connectivity index (χ0) is 16.3. The first-order chi connectivity index (χ1) is 10.4. The summed E-state index contributed by atoms with van der Waals surface area (Å²) in [6.07, 6.45) is 0.941. The monoisotopic (exact) mass is 324 g/mol. The minimum Gasteiger partial charge on any atom is -0.448 e. The number of esters is 1. The molecule has 0 radical (unpaired) electrons. The maximum atomic E-state index is 12.1. The van der Waals surface area contributed by atoms with Crippen molar-refractivity contribution < 1.29 is 19.1 Å². The van der Waals surface area contributed by atoms with Crippen molar-refractivity contribution in [2.75, 3.05) is 13.1 Å². The van der Waals surface area contributed by atoms with Crippen molar-refractivity contribution in [2.24, 2.45) is 0 Å². The third-order valence-corrected chi connectivity index (χ3v) is 4.57. The van der Waals surface area contributed by atoms with Gasteiger partial charge in [-0.25, -0.2) is 9.59 Å². The van der Waals surface area contributed by atoms with Crippen molar-refractivity contribution in [3.8, 4) is 0 Å². The predicted octanol–water partition coefficient (Wildman–Crippen LogP) is 2.11. The van der Waals surface area contributed by atoms with E-state index in [0.717, 1.165) is 28.2 Å². The molecule has 1 aliphatic rings. The molecular formula is C15H20N2O4S. The van der Waals surface area contributed by atoms with Gasteiger partial charge in [-0.3, -0.25) is 9.69 Å². The molecule has 0 saturated carbocycles. The third kappa shape index (κ3) is 3.47. The fourth-order valence-electron chi connectivity index (χ4n) is 2.31. The number of amides is 3. The lowest BCUT2D eigenvalue weighted by Crippen LogP contribution is -2.41. The molecule has 22 heavy (non-hydrogen) atoms. The molecule has 120 valence electrons. The van der Waals surface area contributed by atoms with Gasteiger partial charge in [0.1, 0.15) is 4.88 Å². The molecule has 1 saturated heterocycles. The number of ether oxygens (including phenoxy) is 1. The summed E-state index contributed by atoms with van der Waals surface area (Å²) in [7, 11) is 0. The van der Waals surface area contributed by atoms with Crippen LogP contribution in [0.3, 0.4) is 0 Å². The maximum Gasteiger partial charge on any atom is 0.349 e. The van der Waals surface area contributed by atoms with Crippen LogP contribution in [0.2, 0.25) is 0 Å². The summed E-state index contributed by atoms with van der Waals surface area (Å²) in [6, 6.07) is 1.39. The first-order valence-corrected chi connectivity index (χ1v) is 8.15. The van der Waals surface area contributed by atoms with Gasteiger partial charge in [-0.15, -0.1) is 11.3 Å². The second-order valence-corrected chi connectivity index (χ2v) is 6.47. The van der Waals surface area contributed by atoms with E-state index in [0.29, 0.717) is 18.0 Å². The van der Waals surface area contributed by atoms with E-state index in [1.54, 1.807) is 0 Å². The van der Waals surface area contributed by atoms with Crippen LogP contribution in [0.5, 0.6) is 0 Å². The topological polar surface area (TPSA) is 75.7 Å². The highest BCUT2D eigenvalue weighted by Gasteiger charge is 2.32. The molecule has 0 aromatic carbocycles. The standard InChI is InChI=1S/C15H20N2O4S/c1-4-5-11-8-12(22-10(11)3)14(19)21-9(2)13(18)17-7-6-16-15(17)20/h8-9H,4-7H2,1-3H3,(H,16,20). The molecule has 2 rings (SSSR count). The van der Waals surface area contributed by atoms with E-state index in [4.69, 9.17) is 4.74 Å². The molecule has 1 aliphatic heterocycles. The molecule has 1 unspecified atom stereocenters. The Hall–Kier alpha value is -1.89. The largest absolute Gasteiger partial charge is 0.448 e. The lowest BCUT2D eigenvalue weighted by molar-refractivity contribution is -0.135.